The lowest BCUT2D eigenvalue weighted by molar-refractivity contribution is -0.130. The van der Waals surface area contributed by atoms with Crippen molar-refractivity contribution in [2.24, 2.45) is 0 Å². The fourth-order valence-electron chi connectivity index (χ4n) is 2.21. The number of hydrogen-bond donors (Lipinski definition) is 0. The van der Waals surface area contributed by atoms with Crippen molar-refractivity contribution in [3.05, 3.63) is 18.3 Å². The van der Waals surface area contributed by atoms with Crippen LogP contribution in [0.15, 0.2) is 18.3 Å². The highest BCUT2D eigenvalue weighted by atomic mass is 16.5. The summed E-state index contributed by atoms with van der Waals surface area (Å²) in [5, 5.41) is 0. The van der Waals surface area contributed by atoms with Gasteiger partial charge in [0, 0.05) is 12.8 Å². The van der Waals surface area contributed by atoms with Gasteiger partial charge in [-0.2, -0.15) is 0 Å². The average molecular weight is 264 g/mol. The molecule has 2 atom stereocenters. The van der Waals surface area contributed by atoms with E-state index in [4.69, 9.17) is 9.47 Å². The second-order valence-electron chi connectivity index (χ2n) is 4.56. The molecule has 0 spiro atoms. The van der Waals surface area contributed by atoms with Crippen LogP contribution in [0.2, 0.25) is 0 Å². The van der Waals surface area contributed by atoms with Crippen LogP contribution < -0.4 is 9.64 Å². The first-order valence-corrected chi connectivity index (χ1v) is 6.72. The lowest BCUT2D eigenvalue weighted by atomic mass is 10.2. The summed E-state index contributed by atoms with van der Waals surface area (Å²) in [6, 6.07) is 3.66. The highest BCUT2D eigenvalue weighted by Gasteiger charge is 2.32. The Hall–Kier alpha value is -1.62. The van der Waals surface area contributed by atoms with E-state index in [1.54, 1.807) is 17.2 Å². The zero-order valence-corrected chi connectivity index (χ0v) is 11.6. The maximum Gasteiger partial charge on any atom is 0.256 e. The molecule has 0 aromatic carbocycles. The highest BCUT2D eigenvalue weighted by molar-refractivity contribution is 5.98. The molecule has 19 heavy (non-hydrogen) atoms. The van der Waals surface area contributed by atoms with E-state index in [0.717, 1.165) is 5.69 Å². The Morgan fingerprint density at radius 2 is 2.42 bits per heavy atom. The van der Waals surface area contributed by atoms with Crippen LogP contribution in [0.4, 0.5) is 5.69 Å². The third-order valence-corrected chi connectivity index (χ3v) is 3.07. The number of nitrogens with zero attached hydrogens (tertiary/aromatic N) is 2. The molecule has 1 aromatic heterocycles. The molecule has 0 saturated heterocycles. The molecule has 0 bridgehead atoms. The van der Waals surface area contributed by atoms with Gasteiger partial charge in [0.1, 0.15) is 17.9 Å². The molecule has 1 aliphatic heterocycles. The van der Waals surface area contributed by atoms with Crippen molar-refractivity contribution in [3.8, 4) is 5.88 Å². The molecule has 0 saturated carbocycles. The summed E-state index contributed by atoms with van der Waals surface area (Å²) in [4.78, 5) is 18.4. The number of carbonyl (C=O) groups is 1. The van der Waals surface area contributed by atoms with Crippen molar-refractivity contribution in [2.45, 2.75) is 39.4 Å². The number of pyridine rings is 1. The summed E-state index contributed by atoms with van der Waals surface area (Å²) >= 11 is 0. The fourth-order valence-corrected chi connectivity index (χ4v) is 2.21. The summed E-state index contributed by atoms with van der Waals surface area (Å²) in [7, 11) is 0. The first-order valence-electron chi connectivity index (χ1n) is 6.72. The average Bonchev–Trinajstić information content (AvgIpc) is 2.43. The van der Waals surface area contributed by atoms with Crippen LogP contribution in [0.25, 0.3) is 0 Å². The molecule has 0 aliphatic carbocycles. The third-order valence-electron chi connectivity index (χ3n) is 3.07. The maximum atomic E-state index is 12.5. The molecule has 2 rings (SSSR count). The van der Waals surface area contributed by atoms with Crippen molar-refractivity contribution in [1.82, 2.24) is 4.98 Å². The molecule has 0 radical (unpaired) electrons. The molecular formula is C14H20N2O3. The Morgan fingerprint density at radius 1 is 1.63 bits per heavy atom. The van der Waals surface area contributed by atoms with Gasteiger partial charge in [-0.05, 0) is 32.4 Å². The predicted molar refractivity (Wildman–Crippen MR) is 72.4 cm³/mol. The van der Waals surface area contributed by atoms with Crippen LogP contribution in [0.5, 0.6) is 5.88 Å². The predicted octanol–water partition coefficient (Wildman–Crippen LogP) is 2.01. The van der Waals surface area contributed by atoms with Gasteiger partial charge in [-0.1, -0.05) is 6.92 Å². The first-order chi connectivity index (χ1) is 9.17. The van der Waals surface area contributed by atoms with Gasteiger partial charge in [0.25, 0.3) is 5.91 Å². The number of aromatic nitrogens is 1. The van der Waals surface area contributed by atoms with E-state index in [2.05, 4.69) is 4.98 Å². The summed E-state index contributed by atoms with van der Waals surface area (Å²) in [5.74, 6) is 0.495. The SMILES string of the molecule is CCO[C@H](CC)C(=O)N1C[C@H](C)Oc2ncccc21. The summed E-state index contributed by atoms with van der Waals surface area (Å²) < 4.78 is 11.1. The van der Waals surface area contributed by atoms with Crippen molar-refractivity contribution in [3.63, 3.8) is 0 Å². The lowest BCUT2D eigenvalue weighted by Gasteiger charge is -2.34. The molecule has 5 heteroatoms. The molecular weight excluding hydrogens is 244 g/mol. The van der Waals surface area contributed by atoms with Gasteiger partial charge in [0.2, 0.25) is 5.88 Å². The van der Waals surface area contributed by atoms with E-state index in [9.17, 15) is 4.79 Å². The van der Waals surface area contributed by atoms with Gasteiger partial charge in [0.05, 0.1) is 6.54 Å². The Kier molecular flexibility index (Phi) is 4.37. The van der Waals surface area contributed by atoms with Crippen LogP contribution >= 0.6 is 0 Å². The van der Waals surface area contributed by atoms with Gasteiger partial charge >= 0.3 is 0 Å². The van der Waals surface area contributed by atoms with Crippen molar-refractivity contribution in [1.29, 1.82) is 0 Å². The Balaban J connectivity index is 2.26. The van der Waals surface area contributed by atoms with E-state index >= 15 is 0 Å². The fraction of sp³-hybridized carbons (Fsp3) is 0.571. The van der Waals surface area contributed by atoms with E-state index in [-0.39, 0.29) is 12.0 Å². The number of fused-ring (bicyclic) bond motifs is 1. The first kappa shape index (κ1) is 13.8. The van der Waals surface area contributed by atoms with Crippen LogP contribution in [-0.2, 0) is 9.53 Å². The van der Waals surface area contributed by atoms with E-state index in [0.29, 0.717) is 25.5 Å². The molecule has 104 valence electrons. The van der Waals surface area contributed by atoms with Crippen molar-refractivity contribution < 1.29 is 14.3 Å². The second-order valence-corrected chi connectivity index (χ2v) is 4.56. The molecule has 0 N–H and O–H groups in total. The summed E-state index contributed by atoms with van der Waals surface area (Å²) in [6.07, 6.45) is 1.86. The minimum atomic E-state index is -0.400. The molecule has 0 unspecified atom stereocenters. The molecule has 1 aromatic rings. The molecule has 1 aliphatic rings. The second kappa shape index (κ2) is 6.02. The largest absolute Gasteiger partial charge is 0.471 e. The number of carbonyl (C=O) groups excluding carboxylic acids is 1. The molecule has 1 amide bonds. The van der Waals surface area contributed by atoms with Crippen LogP contribution in [0.1, 0.15) is 27.2 Å². The zero-order chi connectivity index (χ0) is 13.8. The van der Waals surface area contributed by atoms with E-state index in [1.807, 2.05) is 26.8 Å². The van der Waals surface area contributed by atoms with E-state index < -0.39 is 6.10 Å². The number of anilines is 1. The van der Waals surface area contributed by atoms with Crippen LogP contribution in [0.3, 0.4) is 0 Å². The van der Waals surface area contributed by atoms with Gasteiger partial charge < -0.3 is 14.4 Å². The molecule has 2 heterocycles. The number of amides is 1. The topological polar surface area (TPSA) is 51.7 Å². The lowest BCUT2D eigenvalue weighted by Crippen LogP contribution is -2.47. The minimum absolute atomic E-state index is 0.0197. The molecule has 0 fully saturated rings. The maximum absolute atomic E-state index is 12.5. The molecule has 5 nitrogen and oxygen atoms in total. The number of hydrogen-bond acceptors (Lipinski definition) is 4. The number of ether oxygens (including phenoxy) is 2. The van der Waals surface area contributed by atoms with Crippen LogP contribution in [0, 0.1) is 0 Å². The summed E-state index contributed by atoms with van der Waals surface area (Å²) in [6.45, 7) is 6.84. The monoisotopic (exact) mass is 264 g/mol. The summed E-state index contributed by atoms with van der Waals surface area (Å²) in [5.41, 5.74) is 0.726. The number of rotatable bonds is 4. The standard InChI is InChI=1S/C14H20N2O3/c1-4-12(18-5-2)14(17)16-9-10(3)19-13-11(16)7-6-8-15-13/h6-8,10,12H,4-5,9H2,1-3H3/t10-,12+/m0/s1. The normalized spacial score (nSPS) is 19.5. The van der Waals surface area contributed by atoms with Gasteiger partial charge in [-0.25, -0.2) is 4.98 Å². The van der Waals surface area contributed by atoms with Gasteiger partial charge in [-0.3, -0.25) is 4.79 Å². The third kappa shape index (κ3) is 2.87. The van der Waals surface area contributed by atoms with E-state index in [1.165, 1.54) is 0 Å². The van der Waals surface area contributed by atoms with Crippen molar-refractivity contribution in [2.75, 3.05) is 18.1 Å². The quantitative estimate of drug-likeness (QED) is 0.834. The zero-order valence-electron chi connectivity index (χ0n) is 11.6. The Labute approximate surface area is 113 Å². The highest BCUT2D eigenvalue weighted by Crippen LogP contribution is 2.31. The van der Waals surface area contributed by atoms with Crippen molar-refractivity contribution >= 4 is 11.6 Å². The minimum Gasteiger partial charge on any atom is -0.471 e. The Morgan fingerprint density at radius 3 is 3.11 bits per heavy atom. The van der Waals surface area contributed by atoms with Gasteiger partial charge in [-0.15, -0.1) is 0 Å². The van der Waals surface area contributed by atoms with Gasteiger partial charge in [0.15, 0.2) is 0 Å². The smallest absolute Gasteiger partial charge is 0.256 e. The Bertz CT molecular complexity index is 450. The van der Waals surface area contributed by atoms with Crippen LogP contribution in [-0.4, -0.2) is 36.3 Å².